The normalized spacial score (nSPS) is 27.5. The molecular weight excluding hydrogens is 228 g/mol. The summed E-state index contributed by atoms with van der Waals surface area (Å²) in [6.07, 6.45) is 2.65. The highest BCUT2D eigenvalue weighted by Crippen LogP contribution is 2.24. The van der Waals surface area contributed by atoms with Crippen molar-refractivity contribution < 1.29 is 4.74 Å². The van der Waals surface area contributed by atoms with Crippen molar-refractivity contribution in [2.45, 2.75) is 44.1 Å². The zero-order valence-corrected chi connectivity index (χ0v) is 10.3. The van der Waals surface area contributed by atoms with Gasteiger partial charge in [-0.15, -0.1) is 0 Å². The van der Waals surface area contributed by atoms with E-state index in [9.17, 15) is 0 Å². The van der Waals surface area contributed by atoms with Gasteiger partial charge in [-0.05, 0) is 30.4 Å². The molecule has 0 radical (unpaired) electrons. The number of azide groups is 1. The van der Waals surface area contributed by atoms with Crippen LogP contribution in [0.3, 0.4) is 0 Å². The fourth-order valence-electron chi connectivity index (χ4n) is 2.27. The second kappa shape index (κ2) is 6.40. The molecule has 1 aliphatic rings. The molecule has 2 N–H and O–H groups in total. The lowest BCUT2D eigenvalue weighted by molar-refractivity contribution is 0.00871. The van der Waals surface area contributed by atoms with Crippen LogP contribution in [-0.2, 0) is 11.3 Å². The Morgan fingerprint density at radius 3 is 2.83 bits per heavy atom. The number of hydrogen-bond acceptors (Lipinski definition) is 3. The smallest absolute Gasteiger partial charge is 0.0720 e. The van der Waals surface area contributed by atoms with Gasteiger partial charge >= 0.3 is 0 Å². The summed E-state index contributed by atoms with van der Waals surface area (Å²) in [7, 11) is 0. The summed E-state index contributed by atoms with van der Waals surface area (Å²) in [5.74, 6) is 0. The number of nitrogens with zero attached hydrogens (tertiary/aromatic N) is 3. The zero-order valence-electron chi connectivity index (χ0n) is 10.3. The molecule has 5 nitrogen and oxygen atoms in total. The maximum atomic E-state index is 8.49. The van der Waals surface area contributed by atoms with E-state index in [2.05, 4.69) is 10.0 Å². The predicted molar refractivity (Wildman–Crippen MR) is 69.8 cm³/mol. The van der Waals surface area contributed by atoms with Gasteiger partial charge in [0.25, 0.3) is 0 Å². The Kier molecular flexibility index (Phi) is 4.59. The highest BCUT2D eigenvalue weighted by molar-refractivity contribution is 5.13. The Labute approximate surface area is 107 Å². The van der Waals surface area contributed by atoms with Gasteiger partial charge in [0.1, 0.15) is 0 Å². The molecule has 1 aromatic carbocycles. The summed E-state index contributed by atoms with van der Waals surface area (Å²) >= 11 is 0. The third kappa shape index (κ3) is 3.47. The summed E-state index contributed by atoms with van der Waals surface area (Å²) in [4.78, 5) is 2.85. The van der Waals surface area contributed by atoms with E-state index in [1.165, 1.54) is 0 Å². The van der Waals surface area contributed by atoms with Crippen LogP contribution < -0.4 is 5.73 Å². The van der Waals surface area contributed by atoms with E-state index in [4.69, 9.17) is 16.0 Å². The van der Waals surface area contributed by atoms with Crippen LogP contribution in [0.15, 0.2) is 35.4 Å². The third-order valence-electron chi connectivity index (χ3n) is 3.35. The average molecular weight is 246 g/mol. The van der Waals surface area contributed by atoms with Crippen molar-refractivity contribution in [1.29, 1.82) is 0 Å². The molecule has 18 heavy (non-hydrogen) atoms. The topological polar surface area (TPSA) is 84.0 Å². The van der Waals surface area contributed by atoms with Gasteiger partial charge in [0.2, 0.25) is 0 Å². The third-order valence-corrected chi connectivity index (χ3v) is 3.35. The van der Waals surface area contributed by atoms with Gasteiger partial charge < -0.3 is 10.5 Å². The van der Waals surface area contributed by atoms with Crippen LogP contribution in [0.5, 0.6) is 0 Å². The molecule has 1 saturated carbocycles. The molecule has 1 aromatic rings. The van der Waals surface area contributed by atoms with Crippen LogP contribution in [0.25, 0.3) is 10.4 Å². The largest absolute Gasteiger partial charge is 0.374 e. The number of benzene rings is 1. The van der Waals surface area contributed by atoms with Crippen LogP contribution in [0.4, 0.5) is 0 Å². The minimum Gasteiger partial charge on any atom is -0.374 e. The van der Waals surface area contributed by atoms with Crippen molar-refractivity contribution in [3.63, 3.8) is 0 Å². The second-order valence-corrected chi connectivity index (χ2v) is 4.67. The van der Waals surface area contributed by atoms with Gasteiger partial charge in [0.15, 0.2) is 0 Å². The number of nitrogens with two attached hydrogens (primary N) is 1. The van der Waals surface area contributed by atoms with E-state index >= 15 is 0 Å². The molecule has 0 unspecified atom stereocenters. The van der Waals surface area contributed by atoms with Gasteiger partial charge in [-0.25, -0.2) is 0 Å². The second-order valence-electron chi connectivity index (χ2n) is 4.67. The predicted octanol–water partition coefficient (Wildman–Crippen LogP) is 2.76. The number of rotatable bonds is 4. The molecule has 2 rings (SSSR count). The van der Waals surface area contributed by atoms with Crippen LogP contribution >= 0.6 is 0 Å². The fraction of sp³-hybridized carbons (Fsp3) is 0.538. The molecule has 5 heteroatoms. The minimum atomic E-state index is -0.135. The number of ether oxygens (including phenoxy) is 1. The molecule has 0 amide bonds. The van der Waals surface area contributed by atoms with E-state index in [1.54, 1.807) is 0 Å². The Bertz CT molecular complexity index is 416. The van der Waals surface area contributed by atoms with E-state index in [0.29, 0.717) is 6.61 Å². The molecular formula is C13H18N4O. The van der Waals surface area contributed by atoms with Crippen molar-refractivity contribution in [2.24, 2.45) is 10.8 Å². The molecule has 0 spiro atoms. The molecule has 3 atom stereocenters. The monoisotopic (exact) mass is 246 g/mol. The first kappa shape index (κ1) is 12.9. The fourth-order valence-corrected chi connectivity index (χ4v) is 2.27. The van der Waals surface area contributed by atoms with E-state index in [1.807, 2.05) is 30.3 Å². The van der Waals surface area contributed by atoms with Crippen molar-refractivity contribution in [3.05, 3.63) is 46.3 Å². The quantitative estimate of drug-likeness (QED) is 0.503. The van der Waals surface area contributed by atoms with Gasteiger partial charge in [-0.2, -0.15) is 0 Å². The summed E-state index contributed by atoms with van der Waals surface area (Å²) in [6, 6.07) is 9.90. The molecule has 1 aliphatic carbocycles. The molecule has 0 bridgehead atoms. The van der Waals surface area contributed by atoms with Crippen molar-refractivity contribution in [1.82, 2.24) is 0 Å². The van der Waals surface area contributed by atoms with Crippen molar-refractivity contribution in [2.75, 3.05) is 0 Å². The summed E-state index contributed by atoms with van der Waals surface area (Å²) < 4.78 is 5.86. The van der Waals surface area contributed by atoms with Crippen molar-refractivity contribution >= 4 is 0 Å². The molecule has 0 aliphatic heterocycles. The maximum absolute atomic E-state index is 8.49. The van der Waals surface area contributed by atoms with Crippen molar-refractivity contribution in [3.8, 4) is 0 Å². The Morgan fingerprint density at radius 1 is 1.33 bits per heavy atom. The summed E-state index contributed by atoms with van der Waals surface area (Å²) in [6.45, 7) is 0.601. The molecule has 0 saturated heterocycles. The van der Waals surface area contributed by atoms with Crippen LogP contribution in [0, 0.1) is 0 Å². The first-order chi connectivity index (χ1) is 8.79. The maximum Gasteiger partial charge on any atom is 0.0720 e. The Hall–Kier alpha value is -1.55. The van der Waals surface area contributed by atoms with Crippen LogP contribution in [0.1, 0.15) is 24.8 Å². The van der Waals surface area contributed by atoms with Gasteiger partial charge in [0.05, 0.1) is 18.8 Å². The lowest BCUT2D eigenvalue weighted by Crippen LogP contribution is -2.41. The Balaban J connectivity index is 1.85. The lowest BCUT2D eigenvalue weighted by atomic mass is 9.89. The van der Waals surface area contributed by atoms with Crippen LogP contribution in [0.2, 0.25) is 0 Å². The Morgan fingerprint density at radius 2 is 2.11 bits per heavy atom. The number of hydrogen-bond donors (Lipinski definition) is 1. The average Bonchev–Trinajstić information content (AvgIpc) is 2.41. The molecule has 0 heterocycles. The molecule has 0 aromatic heterocycles. The highest BCUT2D eigenvalue weighted by Gasteiger charge is 2.27. The lowest BCUT2D eigenvalue weighted by Gasteiger charge is -2.31. The zero-order chi connectivity index (χ0) is 12.8. The summed E-state index contributed by atoms with van der Waals surface area (Å²) in [5.41, 5.74) is 15.6. The van der Waals surface area contributed by atoms with Gasteiger partial charge in [0, 0.05) is 11.0 Å². The van der Waals surface area contributed by atoms with E-state index < -0.39 is 0 Å². The van der Waals surface area contributed by atoms with E-state index in [0.717, 1.165) is 24.8 Å². The van der Waals surface area contributed by atoms with Gasteiger partial charge in [-0.1, -0.05) is 35.4 Å². The highest BCUT2D eigenvalue weighted by atomic mass is 16.5. The SMILES string of the molecule is [N-]=[N+]=N[C@@H]1C[C@@H](OCc2ccccc2)CC[C@H]1N. The standard InChI is InChI=1S/C13H18N4O/c14-12-7-6-11(8-13(12)16-17-15)18-9-10-4-2-1-3-5-10/h1-5,11-13H,6-9,14H2/t11-,12+,13+/m0/s1. The minimum absolute atomic E-state index is 0.0301. The van der Waals surface area contributed by atoms with E-state index in [-0.39, 0.29) is 18.2 Å². The van der Waals surface area contributed by atoms with Gasteiger partial charge in [-0.3, -0.25) is 0 Å². The summed E-state index contributed by atoms with van der Waals surface area (Å²) in [5, 5.41) is 3.75. The van der Waals surface area contributed by atoms with Crippen LogP contribution in [-0.4, -0.2) is 18.2 Å². The molecule has 96 valence electrons. The molecule has 1 fully saturated rings. The first-order valence-electron chi connectivity index (χ1n) is 6.25. The first-order valence-corrected chi connectivity index (χ1v) is 6.25.